The molecule has 0 fully saturated rings. The molecule has 7 aromatic rings. The van der Waals surface area contributed by atoms with E-state index >= 15 is 0 Å². The molecule has 6 aromatic carbocycles. The summed E-state index contributed by atoms with van der Waals surface area (Å²) >= 11 is 0. The first-order valence-corrected chi connectivity index (χ1v) is 16.3. The van der Waals surface area contributed by atoms with E-state index in [2.05, 4.69) is 156 Å². The zero-order chi connectivity index (χ0) is 31.5. The summed E-state index contributed by atoms with van der Waals surface area (Å²) in [4.78, 5) is 2.50. The Morgan fingerprint density at radius 3 is 2.02 bits per heavy atom. The van der Waals surface area contributed by atoms with Crippen molar-refractivity contribution >= 4 is 67.6 Å². The summed E-state index contributed by atoms with van der Waals surface area (Å²) in [6.45, 7) is 13.6. The number of anilines is 3. The molecule has 0 amide bonds. The van der Waals surface area contributed by atoms with Gasteiger partial charge in [0.2, 0.25) is 0 Å². The van der Waals surface area contributed by atoms with E-state index in [1.54, 1.807) is 0 Å². The molecule has 0 unspecified atom stereocenters. The first-order chi connectivity index (χ1) is 22.1. The van der Waals surface area contributed by atoms with E-state index in [1.807, 2.05) is 0 Å². The second kappa shape index (κ2) is 9.29. The second-order valence-corrected chi connectivity index (χ2v) is 15.0. The number of furan rings is 1. The molecular formula is C42H36BNO2. The van der Waals surface area contributed by atoms with Gasteiger partial charge in [-0.15, -0.1) is 0 Å². The zero-order valence-corrected chi connectivity index (χ0v) is 27.2. The SMILES string of the molecule is CC(C)(C)c1cc(N2c3cc4c(oc5ccccc54)c4c3B(Oc3ccccc3-4)c3c2ccc2ccccc32)cc(C(C)(C)C)c1. The summed E-state index contributed by atoms with van der Waals surface area (Å²) in [5, 5.41) is 4.66. The van der Waals surface area contributed by atoms with Crippen LogP contribution in [0.4, 0.5) is 17.1 Å². The molecule has 3 nitrogen and oxygen atoms in total. The fourth-order valence-corrected chi connectivity index (χ4v) is 7.51. The van der Waals surface area contributed by atoms with Crippen LogP contribution in [0.15, 0.2) is 114 Å². The molecular weight excluding hydrogens is 561 g/mol. The van der Waals surface area contributed by atoms with Crippen molar-refractivity contribution in [2.45, 2.75) is 52.4 Å². The Bertz CT molecular complexity index is 2350. The van der Waals surface area contributed by atoms with E-state index in [-0.39, 0.29) is 17.7 Å². The third-order valence-electron chi connectivity index (χ3n) is 9.95. The van der Waals surface area contributed by atoms with Crippen molar-refractivity contribution in [1.82, 2.24) is 0 Å². The zero-order valence-electron chi connectivity index (χ0n) is 27.2. The van der Waals surface area contributed by atoms with E-state index in [0.29, 0.717) is 0 Å². The highest BCUT2D eigenvalue weighted by Crippen LogP contribution is 2.49. The topological polar surface area (TPSA) is 25.6 Å². The highest BCUT2D eigenvalue weighted by Gasteiger charge is 2.45. The standard InChI is InChI=1S/C42H36BNO2/c1-41(2,3)26-21-27(42(4,5)6)23-28(22-26)44-33-20-19-25-13-7-8-14-29(25)38(33)43-39-34(44)24-32-30-15-9-11-17-35(30)45-40(32)37(39)31-16-10-12-18-36(31)46-43/h7-24H,1-6H3. The van der Waals surface area contributed by atoms with Crippen LogP contribution in [0, 0.1) is 0 Å². The second-order valence-electron chi connectivity index (χ2n) is 15.0. The Morgan fingerprint density at radius 1 is 0.587 bits per heavy atom. The monoisotopic (exact) mass is 597 g/mol. The predicted molar refractivity (Wildman–Crippen MR) is 194 cm³/mol. The molecule has 3 heterocycles. The molecule has 0 N–H and O–H groups in total. The Morgan fingerprint density at radius 2 is 1.26 bits per heavy atom. The van der Waals surface area contributed by atoms with Gasteiger partial charge in [-0.1, -0.05) is 114 Å². The van der Waals surface area contributed by atoms with Crippen LogP contribution in [0.3, 0.4) is 0 Å². The van der Waals surface area contributed by atoms with Crippen LogP contribution in [0.1, 0.15) is 52.7 Å². The molecule has 4 heteroatoms. The quantitative estimate of drug-likeness (QED) is 0.176. The minimum Gasteiger partial charge on any atom is -0.551 e. The fourth-order valence-electron chi connectivity index (χ4n) is 7.51. The van der Waals surface area contributed by atoms with E-state index in [1.165, 1.54) is 33.0 Å². The van der Waals surface area contributed by atoms with Gasteiger partial charge in [0.1, 0.15) is 16.9 Å². The van der Waals surface area contributed by atoms with Gasteiger partial charge in [-0.2, -0.15) is 0 Å². The summed E-state index contributed by atoms with van der Waals surface area (Å²) in [5.41, 5.74) is 12.4. The molecule has 2 aliphatic heterocycles. The summed E-state index contributed by atoms with van der Waals surface area (Å²) < 4.78 is 13.8. The van der Waals surface area contributed by atoms with E-state index in [4.69, 9.17) is 9.07 Å². The van der Waals surface area contributed by atoms with Crippen LogP contribution in [0.2, 0.25) is 0 Å². The summed E-state index contributed by atoms with van der Waals surface area (Å²) in [6.07, 6.45) is 0. The molecule has 0 saturated heterocycles. The molecule has 0 aliphatic carbocycles. The molecule has 0 atom stereocenters. The van der Waals surface area contributed by atoms with Gasteiger partial charge in [-0.05, 0) is 69.1 Å². The van der Waals surface area contributed by atoms with Crippen LogP contribution in [0.25, 0.3) is 43.8 Å². The van der Waals surface area contributed by atoms with Gasteiger partial charge in [0.15, 0.2) is 0 Å². The average Bonchev–Trinajstić information content (AvgIpc) is 3.42. The lowest BCUT2D eigenvalue weighted by Crippen LogP contribution is -2.56. The van der Waals surface area contributed by atoms with Crippen LogP contribution >= 0.6 is 0 Å². The highest BCUT2D eigenvalue weighted by molar-refractivity contribution is 6.87. The fraction of sp³-hybridized carbons (Fsp3) is 0.190. The van der Waals surface area contributed by atoms with Gasteiger partial charge in [0, 0.05) is 49.9 Å². The van der Waals surface area contributed by atoms with Crippen LogP contribution in [-0.4, -0.2) is 6.92 Å². The van der Waals surface area contributed by atoms with Gasteiger partial charge in [-0.3, -0.25) is 0 Å². The number of rotatable bonds is 1. The smallest absolute Gasteiger partial charge is 0.432 e. The minimum absolute atomic E-state index is 0.0211. The van der Waals surface area contributed by atoms with Gasteiger partial charge < -0.3 is 14.0 Å². The molecule has 0 saturated carbocycles. The predicted octanol–water partition coefficient (Wildman–Crippen LogP) is 10.3. The maximum atomic E-state index is 7.07. The number of para-hydroxylation sites is 2. The van der Waals surface area contributed by atoms with Gasteiger partial charge in [0.25, 0.3) is 0 Å². The van der Waals surface area contributed by atoms with Crippen molar-refractivity contribution in [3.63, 3.8) is 0 Å². The minimum atomic E-state index is -0.289. The van der Waals surface area contributed by atoms with Crippen molar-refractivity contribution in [1.29, 1.82) is 0 Å². The molecule has 0 spiro atoms. The average molecular weight is 598 g/mol. The van der Waals surface area contributed by atoms with Crippen LogP contribution in [0.5, 0.6) is 5.75 Å². The van der Waals surface area contributed by atoms with E-state index in [0.717, 1.165) is 55.7 Å². The summed E-state index contributed by atoms with van der Waals surface area (Å²) in [5.74, 6) is 0.885. The molecule has 9 rings (SSSR count). The van der Waals surface area contributed by atoms with E-state index < -0.39 is 0 Å². The Balaban J connectivity index is 1.48. The van der Waals surface area contributed by atoms with Crippen LogP contribution in [-0.2, 0) is 10.8 Å². The number of hydrogen-bond donors (Lipinski definition) is 0. The molecule has 1 aromatic heterocycles. The Hall–Kier alpha value is -4.96. The molecule has 224 valence electrons. The highest BCUT2D eigenvalue weighted by atomic mass is 16.4. The number of fused-ring (bicyclic) bond motifs is 10. The van der Waals surface area contributed by atoms with Gasteiger partial charge >= 0.3 is 6.92 Å². The largest absolute Gasteiger partial charge is 0.551 e. The number of hydrogen-bond acceptors (Lipinski definition) is 3. The molecule has 2 aliphatic rings. The normalized spacial score (nSPS) is 14.0. The van der Waals surface area contributed by atoms with Crippen LogP contribution < -0.4 is 20.5 Å². The Labute approximate surface area is 270 Å². The lowest BCUT2D eigenvalue weighted by Gasteiger charge is -2.41. The first kappa shape index (κ1) is 27.4. The number of benzene rings is 6. The lowest BCUT2D eigenvalue weighted by atomic mass is 9.48. The third kappa shape index (κ3) is 3.86. The van der Waals surface area contributed by atoms with Crippen molar-refractivity contribution in [2.75, 3.05) is 4.90 Å². The third-order valence-corrected chi connectivity index (χ3v) is 9.95. The maximum absolute atomic E-state index is 7.07. The van der Waals surface area contributed by atoms with E-state index in [9.17, 15) is 0 Å². The van der Waals surface area contributed by atoms with Crippen molar-refractivity contribution in [3.05, 3.63) is 120 Å². The maximum Gasteiger partial charge on any atom is 0.432 e. The first-order valence-electron chi connectivity index (χ1n) is 16.3. The summed E-state index contributed by atoms with van der Waals surface area (Å²) in [7, 11) is 0. The summed E-state index contributed by atoms with van der Waals surface area (Å²) in [6, 6.07) is 39.6. The number of nitrogens with zero attached hydrogens (tertiary/aromatic N) is 1. The molecule has 0 radical (unpaired) electrons. The molecule has 0 bridgehead atoms. The van der Waals surface area contributed by atoms with Gasteiger partial charge in [-0.25, -0.2) is 0 Å². The van der Waals surface area contributed by atoms with Crippen molar-refractivity contribution < 1.29 is 9.07 Å². The lowest BCUT2D eigenvalue weighted by molar-refractivity contribution is 0.568. The van der Waals surface area contributed by atoms with Crippen molar-refractivity contribution in [3.8, 4) is 16.9 Å². The molecule has 46 heavy (non-hydrogen) atoms. The van der Waals surface area contributed by atoms with Crippen molar-refractivity contribution in [2.24, 2.45) is 0 Å². The Kier molecular flexibility index (Phi) is 5.53. The van der Waals surface area contributed by atoms with Gasteiger partial charge in [0.05, 0.1) is 0 Å².